The van der Waals surface area contributed by atoms with E-state index in [1.807, 2.05) is 0 Å². The van der Waals surface area contributed by atoms with Crippen LogP contribution >= 0.6 is 0 Å². The van der Waals surface area contributed by atoms with Crippen LogP contribution in [0.1, 0.15) is 18.4 Å². The molecule has 0 bridgehead atoms. The van der Waals surface area contributed by atoms with Crippen molar-refractivity contribution in [3.05, 3.63) is 29.3 Å². The summed E-state index contributed by atoms with van der Waals surface area (Å²) in [6.07, 6.45) is 1.13. The first-order valence-corrected chi connectivity index (χ1v) is 5.49. The van der Waals surface area contributed by atoms with Crippen molar-refractivity contribution in [1.29, 1.82) is 5.26 Å². The molecule has 1 saturated heterocycles. The molecule has 2 N–H and O–H groups in total. The molecule has 1 amide bonds. The zero-order valence-corrected chi connectivity index (χ0v) is 9.49. The number of nitrogens with two attached hydrogens (primary N) is 1. The summed E-state index contributed by atoms with van der Waals surface area (Å²) in [7, 11) is 0. The predicted molar refractivity (Wildman–Crippen MR) is 60.6 cm³/mol. The number of hydrogen-bond donors (Lipinski definition) is 1. The molecule has 1 aliphatic heterocycles. The van der Waals surface area contributed by atoms with Crippen LogP contribution in [0.15, 0.2) is 12.1 Å². The van der Waals surface area contributed by atoms with Crippen LogP contribution in [0.25, 0.3) is 0 Å². The first kappa shape index (κ1) is 12.3. The molecule has 94 valence electrons. The fourth-order valence-electron chi connectivity index (χ4n) is 2.23. The number of amides is 1. The molecule has 0 aromatic heterocycles. The number of anilines is 1. The van der Waals surface area contributed by atoms with Crippen molar-refractivity contribution in [1.82, 2.24) is 0 Å². The molecule has 6 heteroatoms. The Morgan fingerprint density at radius 3 is 2.56 bits per heavy atom. The molecular weight excluding hydrogens is 240 g/mol. The summed E-state index contributed by atoms with van der Waals surface area (Å²) in [6, 6.07) is 2.88. The molecule has 0 radical (unpaired) electrons. The van der Waals surface area contributed by atoms with Crippen LogP contribution < -0.4 is 10.6 Å². The molecule has 1 heterocycles. The van der Waals surface area contributed by atoms with Crippen molar-refractivity contribution < 1.29 is 13.6 Å². The third kappa shape index (κ3) is 1.99. The van der Waals surface area contributed by atoms with E-state index in [4.69, 9.17) is 11.0 Å². The number of carbonyl (C=O) groups excluding carboxylic acids is 1. The number of benzene rings is 1. The number of hydrogen-bond acceptors (Lipinski definition) is 3. The Labute approximate surface area is 103 Å². The van der Waals surface area contributed by atoms with E-state index in [-0.39, 0.29) is 11.3 Å². The van der Waals surface area contributed by atoms with Gasteiger partial charge in [0, 0.05) is 6.54 Å². The van der Waals surface area contributed by atoms with E-state index in [0.29, 0.717) is 19.4 Å². The topological polar surface area (TPSA) is 70.1 Å². The zero-order chi connectivity index (χ0) is 13.3. The highest BCUT2D eigenvalue weighted by atomic mass is 19.1. The fraction of sp³-hybridized carbons (Fsp3) is 0.333. The SMILES string of the molecule is N#Cc1cc(F)c(N2CCCC2C(N)=O)c(F)c1. The Bertz CT molecular complexity index is 516. The van der Waals surface area contributed by atoms with Crippen molar-refractivity contribution in [2.75, 3.05) is 11.4 Å². The number of nitrogens with zero attached hydrogens (tertiary/aromatic N) is 2. The quantitative estimate of drug-likeness (QED) is 0.861. The second-order valence-corrected chi connectivity index (χ2v) is 4.15. The monoisotopic (exact) mass is 251 g/mol. The van der Waals surface area contributed by atoms with Crippen LogP contribution in [0.4, 0.5) is 14.5 Å². The maximum atomic E-state index is 13.8. The highest BCUT2D eigenvalue weighted by Gasteiger charge is 2.32. The van der Waals surface area contributed by atoms with Crippen molar-refractivity contribution >= 4 is 11.6 Å². The van der Waals surface area contributed by atoms with Gasteiger partial charge >= 0.3 is 0 Å². The van der Waals surface area contributed by atoms with Gasteiger partial charge in [-0.05, 0) is 25.0 Å². The molecule has 18 heavy (non-hydrogen) atoms. The second-order valence-electron chi connectivity index (χ2n) is 4.15. The minimum absolute atomic E-state index is 0.0939. The van der Waals surface area contributed by atoms with Crippen LogP contribution in [0, 0.1) is 23.0 Å². The lowest BCUT2D eigenvalue weighted by Gasteiger charge is -2.25. The largest absolute Gasteiger partial charge is 0.368 e. The molecule has 1 aromatic carbocycles. The summed E-state index contributed by atoms with van der Waals surface area (Å²) in [5.74, 6) is -2.30. The molecule has 1 fully saturated rings. The maximum absolute atomic E-state index is 13.8. The van der Waals surface area contributed by atoms with Gasteiger partial charge in [0.1, 0.15) is 11.7 Å². The van der Waals surface area contributed by atoms with E-state index in [1.165, 1.54) is 4.90 Å². The maximum Gasteiger partial charge on any atom is 0.240 e. The van der Waals surface area contributed by atoms with Gasteiger partial charge in [-0.1, -0.05) is 0 Å². The average molecular weight is 251 g/mol. The lowest BCUT2D eigenvalue weighted by Crippen LogP contribution is -2.41. The summed E-state index contributed by atoms with van der Waals surface area (Å²) in [5.41, 5.74) is 4.83. The van der Waals surface area contributed by atoms with Crippen molar-refractivity contribution in [2.45, 2.75) is 18.9 Å². The summed E-state index contributed by atoms with van der Waals surface area (Å²) in [5, 5.41) is 8.61. The van der Waals surface area contributed by atoms with Gasteiger partial charge in [-0.15, -0.1) is 0 Å². The van der Waals surface area contributed by atoms with Gasteiger partial charge in [-0.3, -0.25) is 4.79 Å². The minimum Gasteiger partial charge on any atom is -0.368 e. The fourth-order valence-corrected chi connectivity index (χ4v) is 2.23. The Balaban J connectivity index is 2.45. The minimum atomic E-state index is -0.848. The molecule has 1 atom stereocenters. The van der Waals surface area contributed by atoms with Gasteiger partial charge in [0.2, 0.25) is 5.91 Å². The van der Waals surface area contributed by atoms with E-state index in [0.717, 1.165) is 12.1 Å². The van der Waals surface area contributed by atoms with E-state index in [2.05, 4.69) is 0 Å². The van der Waals surface area contributed by atoms with Crippen LogP contribution in [0.2, 0.25) is 0 Å². The van der Waals surface area contributed by atoms with Crippen LogP contribution in [-0.4, -0.2) is 18.5 Å². The molecule has 1 aromatic rings. The molecular formula is C12H11F2N3O. The number of halogens is 2. The van der Waals surface area contributed by atoms with Gasteiger partial charge in [0.15, 0.2) is 11.6 Å². The number of carbonyl (C=O) groups is 1. The summed E-state index contributed by atoms with van der Waals surface area (Å²) in [4.78, 5) is 12.5. The lowest BCUT2D eigenvalue weighted by atomic mass is 10.1. The molecule has 0 aliphatic carbocycles. The Kier molecular flexibility index (Phi) is 3.15. The van der Waals surface area contributed by atoms with E-state index in [1.54, 1.807) is 6.07 Å². The van der Waals surface area contributed by atoms with Gasteiger partial charge in [0.05, 0.1) is 11.6 Å². The van der Waals surface area contributed by atoms with Crippen molar-refractivity contribution in [2.24, 2.45) is 5.73 Å². The van der Waals surface area contributed by atoms with Crippen molar-refractivity contribution in [3.63, 3.8) is 0 Å². The third-order valence-electron chi connectivity index (χ3n) is 3.01. The molecule has 2 rings (SSSR count). The van der Waals surface area contributed by atoms with Crippen LogP contribution in [0.3, 0.4) is 0 Å². The second kappa shape index (κ2) is 4.61. The molecule has 4 nitrogen and oxygen atoms in total. The summed E-state index contributed by atoms with van der Waals surface area (Å²) >= 11 is 0. The van der Waals surface area contributed by atoms with Gasteiger partial charge < -0.3 is 10.6 Å². The van der Waals surface area contributed by atoms with Gasteiger partial charge in [0.25, 0.3) is 0 Å². The summed E-state index contributed by atoms with van der Waals surface area (Å²) in [6.45, 7) is 0.368. The van der Waals surface area contributed by atoms with Gasteiger partial charge in [-0.2, -0.15) is 5.26 Å². The van der Waals surface area contributed by atoms with E-state index >= 15 is 0 Å². The normalized spacial score (nSPS) is 18.7. The first-order chi connectivity index (χ1) is 8.54. The first-order valence-electron chi connectivity index (χ1n) is 5.49. The number of rotatable bonds is 2. The Morgan fingerprint density at radius 1 is 1.44 bits per heavy atom. The summed E-state index contributed by atoms with van der Waals surface area (Å²) < 4.78 is 27.6. The van der Waals surface area contributed by atoms with Crippen molar-refractivity contribution in [3.8, 4) is 6.07 Å². The molecule has 0 saturated carbocycles. The Morgan fingerprint density at radius 2 is 2.06 bits per heavy atom. The molecule has 0 spiro atoms. The molecule has 1 unspecified atom stereocenters. The zero-order valence-electron chi connectivity index (χ0n) is 9.49. The van der Waals surface area contributed by atoms with E-state index < -0.39 is 23.6 Å². The van der Waals surface area contributed by atoms with E-state index in [9.17, 15) is 13.6 Å². The van der Waals surface area contributed by atoms with Crippen LogP contribution in [-0.2, 0) is 4.79 Å². The number of primary amides is 1. The third-order valence-corrected chi connectivity index (χ3v) is 3.01. The standard InChI is InChI=1S/C12H11F2N3O/c13-8-4-7(6-15)5-9(14)11(8)17-3-1-2-10(17)12(16)18/h4-5,10H,1-3H2,(H2,16,18). The molecule has 1 aliphatic rings. The smallest absolute Gasteiger partial charge is 0.240 e. The van der Waals surface area contributed by atoms with Crippen LogP contribution in [0.5, 0.6) is 0 Å². The highest BCUT2D eigenvalue weighted by Crippen LogP contribution is 2.31. The average Bonchev–Trinajstić information content (AvgIpc) is 2.77. The number of nitriles is 1. The highest BCUT2D eigenvalue weighted by molar-refractivity contribution is 5.84. The Hall–Kier alpha value is -2.16. The lowest BCUT2D eigenvalue weighted by molar-refractivity contribution is -0.119. The predicted octanol–water partition coefficient (Wildman–Crippen LogP) is 1.29. The van der Waals surface area contributed by atoms with Gasteiger partial charge in [-0.25, -0.2) is 8.78 Å².